The lowest BCUT2D eigenvalue weighted by Gasteiger charge is -2.33. The van der Waals surface area contributed by atoms with Gasteiger partial charge in [-0.2, -0.15) is 0 Å². The maximum absolute atomic E-state index is 11.3. The van der Waals surface area contributed by atoms with E-state index in [-0.39, 0.29) is 11.9 Å². The van der Waals surface area contributed by atoms with Crippen molar-refractivity contribution >= 4 is 11.9 Å². The average molecular weight is 304 g/mol. The van der Waals surface area contributed by atoms with Gasteiger partial charge in [0, 0.05) is 12.2 Å². The minimum absolute atomic E-state index is 0.319. The van der Waals surface area contributed by atoms with Gasteiger partial charge in [0.15, 0.2) is 0 Å². The smallest absolute Gasteiger partial charge is 0.330 e. The van der Waals surface area contributed by atoms with E-state index in [9.17, 15) is 9.59 Å². The van der Waals surface area contributed by atoms with Crippen molar-refractivity contribution in [3.8, 4) is 0 Å². The second kappa shape index (κ2) is 6.27. The molecule has 3 rings (SSSR count). The van der Waals surface area contributed by atoms with E-state index in [0.717, 1.165) is 18.8 Å². The van der Waals surface area contributed by atoms with Gasteiger partial charge >= 0.3 is 11.9 Å². The van der Waals surface area contributed by atoms with Gasteiger partial charge in [-0.15, -0.1) is 0 Å². The van der Waals surface area contributed by atoms with E-state index in [2.05, 4.69) is 13.2 Å². The SMILES string of the molecule is C=CC(=O)OCC1CCC2C1[C@@H]1CC(COC(=O)C=C)[C@H]2C1. The summed E-state index contributed by atoms with van der Waals surface area (Å²) < 4.78 is 10.5. The zero-order chi connectivity index (χ0) is 15.7. The minimum Gasteiger partial charge on any atom is -0.462 e. The molecule has 4 heteroatoms. The Morgan fingerprint density at radius 1 is 0.909 bits per heavy atom. The Morgan fingerprint density at radius 2 is 1.55 bits per heavy atom. The van der Waals surface area contributed by atoms with Crippen molar-refractivity contribution in [2.75, 3.05) is 13.2 Å². The number of hydrogen-bond donors (Lipinski definition) is 0. The molecular formula is C18H24O4. The summed E-state index contributed by atoms with van der Waals surface area (Å²) >= 11 is 0. The predicted molar refractivity (Wildman–Crippen MR) is 81.7 cm³/mol. The number of fused-ring (bicyclic) bond motifs is 5. The van der Waals surface area contributed by atoms with Crippen molar-refractivity contribution < 1.29 is 19.1 Å². The number of hydrogen-bond acceptors (Lipinski definition) is 4. The van der Waals surface area contributed by atoms with E-state index in [0.29, 0.717) is 42.8 Å². The number of esters is 2. The van der Waals surface area contributed by atoms with E-state index < -0.39 is 0 Å². The summed E-state index contributed by atoms with van der Waals surface area (Å²) in [6, 6.07) is 0. The van der Waals surface area contributed by atoms with Crippen molar-refractivity contribution in [2.45, 2.75) is 25.7 Å². The largest absolute Gasteiger partial charge is 0.462 e. The van der Waals surface area contributed by atoms with Crippen LogP contribution in [0.3, 0.4) is 0 Å². The van der Waals surface area contributed by atoms with E-state index >= 15 is 0 Å². The van der Waals surface area contributed by atoms with Gasteiger partial charge in [-0.25, -0.2) is 9.59 Å². The highest BCUT2D eigenvalue weighted by molar-refractivity contribution is 5.81. The molecule has 0 radical (unpaired) electrons. The maximum atomic E-state index is 11.3. The first-order valence-corrected chi connectivity index (χ1v) is 8.22. The molecule has 0 aromatic heterocycles. The van der Waals surface area contributed by atoms with Crippen LogP contribution in [0.1, 0.15) is 25.7 Å². The van der Waals surface area contributed by atoms with E-state index in [1.165, 1.54) is 25.0 Å². The van der Waals surface area contributed by atoms with E-state index in [1.54, 1.807) is 0 Å². The molecule has 4 nitrogen and oxygen atoms in total. The first-order valence-electron chi connectivity index (χ1n) is 8.22. The lowest BCUT2D eigenvalue weighted by Crippen LogP contribution is -2.31. The van der Waals surface area contributed by atoms with Crippen LogP contribution >= 0.6 is 0 Å². The normalized spacial score (nSPS) is 38.4. The first-order chi connectivity index (χ1) is 10.6. The molecule has 3 saturated carbocycles. The quantitative estimate of drug-likeness (QED) is 0.559. The van der Waals surface area contributed by atoms with Crippen LogP contribution in [0.25, 0.3) is 0 Å². The maximum Gasteiger partial charge on any atom is 0.330 e. The summed E-state index contributed by atoms with van der Waals surface area (Å²) in [5, 5.41) is 0. The molecule has 0 aromatic rings. The van der Waals surface area contributed by atoms with Crippen LogP contribution in [-0.2, 0) is 19.1 Å². The van der Waals surface area contributed by atoms with Crippen molar-refractivity contribution in [1.82, 2.24) is 0 Å². The summed E-state index contributed by atoms with van der Waals surface area (Å²) in [6.45, 7) is 7.94. The topological polar surface area (TPSA) is 52.6 Å². The zero-order valence-corrected chi connectivity index (χ0v) is 12.9. The van der Waals surface area contributed by atoms with Crippen LogP contribution < -0.4 is 0 Å². The fourth-order valence-corrected chi connectivity index (χ4v) is 5.30. The van der Waals surface area contributed by atoms with Gasteiger partial charge in [0.25, 0.3) is 0 Å². The van der Waals surface area contributed by atoms with Crippen LogP contribution in [0.2, 0.25) is 0 Å². The Labute approximate surface area is 131 Å². The molecule has 4 unspecified atom stereocenters. The Hall–Kier alpha value is -1.58. The van der Waals surface area contributed by atoms with Gasteiger partial charge in [0.05, 0.1) is 13.2 Å². The minimum atomic E-state index is -0.319. The summed E-state index contributed by atoms with van der Waals surface area (Å²) in [5.41, 5.74) is 0. The second-order valence-corrected chi connectivity index (χ2v) is 6.90. The first kappa shape index (κ1) is 15.3. The van der Waals surface area contributed by atoms with Gasteiger partial charge in [0.1, 0.15) is 0 Å². The van der Waals surface area contributed by atoms with E-state index in [4.69, 9.17) is 9.47 Å². The molecular weight excluding hydrogens is 280 g/mol. The summed E-state index contributed by atoms with van der Waals surface area (Å²) in [5.74, 6) is 3.16. The van der Waals surface area contributed by atoms with Crippen molar-refractivity contribution in [3.63, 3.8) is 0 Å². The molecule has 0 aliphatic heterocycles. The van der Waals surface area contributed by atoms with Gasteiger partial charge in [0.2, 0.25) is 0 Å². The molecule has 0 aromatic carbocycles. The fourth-order valence-electron chi connectivity index (χ4n) is 5.30. The number of ether oxygens (including phenoxy) is 2. The van der Waals surface area contributed by atoms with Crippen molar-refractivity contribution in [1.29, 1.82) is 0 Å². The third-order valence-corrected chi connectivity index (χ3v) is 6.00. The Kier molecular flexibility index (Phi) is 4.37. The number of carbonyl (C=O) groups excluding carboxylic acids is 2. The zero-order valence-electron chi connectivity index (χ0n) is 12.9. The molecule has 3 fully saturated rings. The van der Waals surface area contributed by atoms with Crippen LogP contribution in [0.4, 0.5) is 0 Å². The van der Waals surface area contributed by atoms with Crippen molar-refractivity contribution in [2.24, 2.45) is 35.5 Å². The lowest BCUT2D eigenvalue weighted by molar-refractivity contribution is -0.140. The third kappa shape index (κ3) is 2.71. The monoisotopic (exact) mass is 304 g/mol. The highest BCUT2D eigenvalue weighted by Gasteiger charge is 2.57. The Morgan fingerprint density at radius 3 is 2.18 bits per heavy atom. The Bertz CT molecular complexity index is 483. The van der Waals surface area contributed by atoms with Crippen molar-refractivity contribution in [3.05, 3.63) is 25.3 Å². The van der Waals surface area contributed by atoms with Gasteiger partial charge in [-0.1, -0.05) is 13.2 Å². The van der Waals surface area contributed by atoms with Crippen LogP contribution in [0.5, 0.6) is 0 Å². The molecule has 22 heavy (non-hydrogen) atoms. The summed E-state index contributed by atoms with van der Waals surface area (Å²) in [7, 11) is 0. The molecule has 120 valence electrons. The highest BCUT2D eigenvalue weighted by Crippen LogP contribution is 2.62. The number of carbonyl (C=O) groups is 2. The average Bonchev–Trinajstić information content (AvgIpc) is 3.21. The predicted octanol–water partition coefficient (Wildman–Crippen LogP) is 2.74. The van der Waals surface area contributed by atoms with E-state index in [1.807, 2.05) is 0 Å². The molecule has 0 heterocycles. The van der Waals surface area contributed by atoms with Crippen LogP contribution in [0.15, 0.2) is 25.3 Å². The van der Waals surface area contributed by atoms with Gasteiger partial charge < -0.3 is 9.47 Å². The van der Waals surface area contributed by atoms with Gasteiger partial charge in [-0.3, -0.25) is 0 Å². The number of rotatable bonds is 6. The standard InChI is InChI=1S/C18H24O4/c1-3-16(19)21-9-11-5-6-14-15-8-12(18(11)14)7-13(15)10-22-17(20)4-2/h3-4,11-15,18H,1-2,5-10H2/t11?,12-,13?,14?,15-,18?/m1/s1. The lowest BCUT2D eigenvalue weighted by atomic mass is 9.73. The van der Waals surface area contributed by atoms with Crippen LogP contribution in [-0.4, -0.2) is 25.2 Å². The van der Waals surface area contributed by atoms with Gasteiger partial charge in [-0.05, 0) is 61.2 Å². The molecule has 0 N–H and O–H groups in total. The molecule has 2 bridgehead atoms. The summed E-state index contributed by atoms with van der Waals surface area (Å²) in [4.78, 5) is 22.5. The Balaban J connectivity index is 1.55. The highest BCUT2D eigenvalue weighted by atomic mass is 16.5. The molecule has 3 aliphatic carbocycles. The molecule has 0 saturated heterocycles. The molecule has 0 amide bonds. The fraction of sp³-hybridized carbons (Fsp3) is 0.667. The van der Waals surface area contributed by atoms with Crippen LogP contribution in [0, 0.1) is 35.5 Å². The summed E-state index contributed by atoms with van der Waals surface area (Å²) in [6.07, 6.45) is 7.21. The third-order valence-electron chi connectivity index (χ3n) is 6.00. The molecule has 0 spiro atoms. The molecule has 3 aliphatic rings. The molecule has 6 atom stereocenters. The second-order valence-electron chi connectivity index (χ2n) is 6.90.